The maximum absolute atomic E-state index is 13.4. The summed E-state index contributed by atoms with van der Waals surface area (Å²) in [5.41, 5.74) is 4.27. The fourth-order valence-electron chi connectivity index (χ4n) is 4.82. The highest BCUT2D eigenvalue weighted by atomic mass is 32.2. The molecule has 158 valence electrons. The maximum atomic E-state index is 13.4. The van der Waals surface area contributed by atoms with Gasteiger partial charge in [-0.1, -0.05) is 36.4 Å². The van der Waals surface area contributed by atoms with E-state index in [2.05, 4.69) is 13.0 Å². The summed E-state index contributed by atoms with van der Waals surface area (Å²) >= 11 is 0. The van der Waals surface area contributed by atoms with Crippen molar-refractivity contribution in [3.8, 4) is 0 Å². The Kier molecular flexibility index (Phi) is 4.63. The van der Waals surface area contributed by atoms with E-state index < -0.39 is 10.0 Å². The molecule has 0 unspecified atom stereocenters. The highest BCUT2D eigenvalue weighted by molar-refractivity contribution is 7.92. The third kappa shape index (κ3) is 3.13. The first-order valence-corrected chi connectivity index (χ1v) is 12.0. The smallest absolute Gasteiger partial charge is 0.264 e. The first-order chi connectivity index (χ1) is 14.9. The van der Waals surface area contributed by atoms with Gasteiger partial charge in [0.2, 0.25) is 0 Å². The summed E-state index contributed by atoms with van der Waals surface area (Å²) < 4.78 is 28.0. The van der Waals surface area contributed by atoms with Crippen LogP contribution in [-0.4, -0.2) is 26.4 Å². The molecule has 0 N–H and O–H groups in total. The largest absolute Gasteiger partial charge is 0.305 e. The Hall–Kier alpha value is -3.12. The highest BCUT2D eigenvalue weighted by Gasteiger charge is 2.37. The molecular formula is C25H24N2O3S. The molecule has 0 aliphatic carbocycles. The second-order valence-electron chi connectivity index (χ2n) is 8.37. The summed E-state index contributed by atoms with van der Waals surface area (Å²) in [7, 11) is -3.66. The molecule has 5 rings (SSSR count). The number of para-hydroxylation sites is 1. The monoisotopic (exact) mass is 432 g/mol. The van der Waals surface area contributed by atoms with Crippen LogP contribution >= 0.6 is 0 Å². The lowest BCUT2D eigenvalue weighted by Crippen LogP contribution is -2.36. The molecule has 0 saturated carbocycles. The van der Waals surface area contributed by atoms with Crippen LogP contribution in [0.5, 0.6) is 0 Å². The molecule has 1 amide bonds. The minimum Gasteiger partial charge on any atom is -0.305 e. The first kappa shape index (κ1) is 19.8. The summed E-state index contributed by atoms with van der Waals surface area (Å²) in [5, 5.41) is 0. The first-order valence-electron chi connectivity index (χ1n) is 10.5. The molecule has 0 aromatic heterocycles. The number of hydrogen-bond donors (Lipinski definition) is 0. The van der Waals surface area contributed by atoms with Gasteiger partial charge in [0.25, 0.3) is 15.9 Å². The summed E-state index contributed by atoms with van der Waals surface area (Å²) in [6.45, 7) is 3.96. The summed E-state index contributed by atoms with van der Waals surface area (Å²) in [5.74, 6) is -0.0442. The molecule has 2 heterocycles. The number of nitrogens with zero attached hydrogens (tertiary/aromatic N) is 2. The fourth-order valence-corrected chi connectivity index (χ4v) is 6.54. The minimum absolute atomic E-state index is 0.0442. The molecule has 2 aliphatic heterocycles. The van der Waals surface area contributed by atoms with Gasteiger partial charge in [-0.25, -0.2) is 8.42 Å². The van der Waals surface area contributed by atoms with E-state index >= 15 is 0 Å². The molecule has 0 spiro atoms. The van der Waals surface area contributed by atoms with Crippen molar-refractivity contribution in [3.05, 3.63) is 89.5 Å². The van der Waals surface area contributed by atoms with Gasteiger partial charge in [-0.05, 0) is 74.2 Å². The van der Waals surface area contributed by atoms with Crippen LogP contribution in [0.15, 0.2) is 77.7 Å². The Morgan fingerprint density at radius 1 is 0.806 bits per heavy atom. The lowest BCUT2D eigenvalue weighted by molar-refractivity contribution is 0.0981. The summed E-state index contributed by atoms with van der Waals surface area (Å²) in [6, 6.07) is 21.8. The van der Waals surface area contributed by atoms with Crippen LogP contribution in [0, 0.1) is 0 Å². The van der Waals surface area contributed by atoms with Crippen LogP contribution < -0.4 is 9.21 Å². The van der Waals surface area contributed by atoms with Crippen LogP contribution in [-0.2, 0) is 22.9 Å². The van der Waals surface area contributed by atoms with Gasteiger partial charge in [0, 0.05) is 23.3 Å². The van der Waals surface area contributed by atoms with Crippen molar-refractivity contribution in [2.45, 2.75) is 43.7 Å². The Morgan fingerprint density at radius 3 is 2.26 bits per heavy atom. The quantitative estimate of drug-likeness (QED) is 0.616. The molecule has 31 heavy (non-hydrogen) atoms. The SMILES string of the molecule is C[C@@H]1Cc2cc(C(=O)N3c4ccccc4C[C@@H]3C)ccc2N1S(=O)(=O)c1ccccc1. The normalized spacial score (nSPS) is 19.9. The van der Waals surface area contributed by atoms with Gasteiger partial charge in [-0.2, -0.15) is 0 Å². The number of fused-ring (bicyclic) bond motifs is 2. The van der Waals surface area contributed by atoms with Crippen LogP contribution in [0.25, 0.3) is 0 Å². The minimum atomic E-state index is -3.66. The van der Waals surface area contributed by atoms with Crippen molar-refractivity contribution in [1.29, 1.82) is 0 Å². The predicted molar refractivity (Wildman–Crippen MR) is 122 cm³/mol. The van der Waals surface area contributed by atoms with E-state index in [0.29, 0.717) is 17.7 Å². The number of sulfonamides is 1. The molecule has 3 aromatic carbocycles. The van der Waals surface area contributed by atoms with Crippen LogP contribution in [0.2, 0.25) is 0 Å². The number of benzene rings is 3. The lowest BCUT2D eigenvalue weighted by Gasteiger charge is -2.25. The number of rotatable bonds is 3. The maximum Gasteiger partial charge on any atom is 0.264 e. The van der Waals surface area contributed by atoms with E-state index in [9.17, 15) is 13.2 Å². The van der Waals surface area contributed by atoms with Crippen LogP contribution in [0.3, 0.4) is 0 Å². The average molecular weight is 433 g/mol. The topological polar surface area (TPSA) is 57.7 Å². The van der Waals surface area contributed by atoms with Crippen molar-refractivity contribution in [3.63, 3.8) is 0 Å². The zero-order valence-corrected chi connectivity index (χ0v) is 18.3. The summed E-state index contributed by atoms with van der Waals surface area (Å²) in [4.78, 5) is 15.5. The molecule has 0 fully saturated rings. The van der Waals surface area contributed by atoms with Crippen LogP contribution in [0.1, 0.15) is 35.3 Å². The van der Waals surface area contributed by atoms with Gasteiger partial charge in [0.15, 0.2) is 0 Å². The van der Waals surface area contributed by atoms with E-state index in [1.54, 1.807) is 42.5 Å². The zero-order valence-electron chi connectivity index (χ0n) is 17.5. The lowest BCUT2D eigenvalue weighted by atomic mass is 10.1. The van der Waals surface area contributed by atoms with Crippen molar-refractivity contribution in [2.24, 2.45) is 0 Å². The zero-order chi connectivity index (χ0) is 21.8. The van der Waals surface area contributed by atoms with E-state index in [4.69, 9.17) is 0 Å². The second kappa shape index (κ2) is 7.24. The molecule has 5 nitrogen and oxygen atoms in total. The van der Waals surface area contributed by atoms with Crippen LogP contribution in [0.4, 0.5) is 11.4 Å². The standard InChI is InChI=1S/C25H24N2O3S/c1-17-14-19-8-6-7-11-23(19)26(17)25(28)20-12-13-24-21(16-20)15-18(2)27(24)31(29,30)22-9-4-3-5-10-22/h3-13,16-18H,14-15H2,1-2H3/t17-,18+/m0/s1. The third-order valence-corrected chi connectivity index (χ3v) is 8.15. The number of carbonyl (C=O) groups is 1. The van der Waals surface area contributed by atoms with Gasteiger partial charge in [0.05, 0.1) is 10.6 Å². The molecule has 0 bridgehead atoms. The van der Waals surface area contributed by atoms with Crippen molar-refractivity contribution in [2.75, 3.05) is 9.21 Å². The van der Waals surface area contributed by atoms with Crippen molar-refractivity contribution < 1.29 is 13.2 Å². The molecule has 2 aliphatic rings. The molecule has 3 aromatic rings. The van der Waals surface area contributed by atoms with Gasteiger partial charge < -0.3 is 4.90 Å². The predicted octanol–water partition coefficient (Wildman–Crippen LogP) is 4.42. The Morgan fingerprint density at radius 2 is 1.48 bits per heavy atom. The van der Waals surface area contributed by atoms with Gasteiger partial charge >= 0.3 is 0 Å². The average Bonchev–Trinajstić information content (AvgIpc) is 3.28. The number of carbonyl (C=O) groups excluding carboxylic acids is 1. The van der Waals surface area contributed by atoms with Crippen molar-refractivity contribution in [1.82, 2.24) is 0 Å². The Labute approximate surface area is 183 Å². The van der Waals surface area contributed by atoms with Gasteiger partial charge in [-0.15, -0.1) is 0 Å². The highest BCUT2D eigenvalue weighted by Crippen LogP contribution is 2.38. The number of hydrogen-bond acceptors (Lipinski definition) is 3. The fraction of sp³-hybridized carbons (Fsp3) is 0.240. The van der Waals surface area contributed by atoms with E-state index in [1.165, 1.54) is 9.87 Å². The van der Waals surface area contributed by atoms with E-state index in [-0.39, 0.29) is 22.9 Å². The summed E-state index contributed by atoms with van der Waals surface area (Å²) in [6.07, 6.45) is 1.42. The molecular weight excluding hydrogens is 408 g/mol. The van der Waals surface area contributed by atoms with Gasteiger partial charge in [-0.3, -0.25) is 9.10 Å². The van der Waals surface area contributed by atoms with E-state index in [1.807, 2.05) is 36.1 Å². The number of anilines is 2. The molecule has 6 heteroatoms. The van der Waals surface area contributed by atoms with Gasteiger partial charge in [0.1, 0.15) is 0 Å². The third-order valence-electron chi connectivity index (χ3n) is 6.21. The Bertz CT molecular complexity index is 1270. The number of amides is 1. The van der Waals surface area contributed by atoms with Crippen molar-refractivity contribution >= 4 is 27.3 Å². The molecule has 2 atom stereocenters. The molecule has 0 radical (unpaired) electrons. The Balaban J connectivity index is 1.50. The van der Waals surface area contributed by atoms with E-state index in [0.717, 1.165) is 17.7 Å². The molecule has 0 saturated heterocycles. The second-order valence-corrected chi connectivity index (χ2v) is 10.2.